The molecule has 0 fully saturated rings. The number of nitrogens with zero attached hydrogens (tertiary/aromatic N) is 1. The number of carboxylic acid groups (broad SMARTS) is 1. The third-order valence-corrected chi connectivity index (χ3v) is 4.93. The molecule has 26 heavy (non-hydrogen) atoms. The molecule has 8 nitrogen and oxygen atoms in total. The molecule has 136 valence electrons. The molecular weight excluding hydrogens is 360 g/mol. The Labute approximate surface area is 151 Å². The minimum atomic E-state index is -1.39. The molecule has 0 unspecified atom stereocenters. The van der Waals surface area contributed by atoms with Crippen molar-refractivity contribution in [2.45, 2.75) is 17.4 Å². The summed E-state index contributed by atoms with van der Waals surface area (Å²) in [4.78, 5) is 34.2. The van der Waals surface area contributed by atoms with Crippen LogP contribution >= 0.6 is 0 Å². The van der Waals surface area contributed by atoms with Gasteiger partial charge in [0, 0.05) is 28.3 Å². The van der Waals surface area contributed by atoms with Crippen LogP contribution in [-0.2, 0) is 15.6 Å². The van der Waals surface area contributed by atoms with Gasteiger partial charge in [0.15, 0.2) is 0 Å². The summed E-state index contributed by atoms with van der Waals surface area (Å²) in [5.74, 6) is -1.96. The third kappa shape index (κ3) is 5.21. The van der Waals surface area contributed by atoms with Crippen LogP contribution in [0, 0.1) is 10.1 Å². The van der Waals surface area contributed by atoms with Gasteiger partial charge in [-0.2, -0.15) is 0 Å². The van der Waals surface area contributed by atoms with Crippen LogP contribution in [0.5, 0.6) is 0 Å². The highest BCUT2D eigenvalue weighted by molar-refractivity contribution is 7.85. The van der Waals surface area contributed by atoms with Crippen molar-refractivity contribution in [3.63, 3.8) is 0 Å². The van der Waals surface area contributed by atoms with E-state index < -0.39 is 33.6 Å². The first kappa shape index (κ1) is 19.3. The largest absolute Gasteiger partial charge is 0.480 e. The van der Waals surface area contributed by atoms with Gasteiger partial charge in [-0.1, -0.05) is 24.3 Å². The summed E-state index contributed by atoms with van der Waals surface area (Å²) in [5.41, 5.74) is -0.288. The lowest BCUT2D eigenvalue weighted by Gasteiger charge is -2.14. The van der Waals surface area contributed by atoms with Gasteiger partial charge in [0.1, 0.15) is 6.04 Å². The molecule has 0 aliphatic carbocycles. The van der Waals surface area contributed by atoms with E-state index in [2.05, 4.69) is 5.32 Å². The van der Waals surface area contributed by atoms with Gasteiger partial charge in [0.25, 0.3) is 11.6 Å². The number of carboxylic acids is 1. The van der Waals surface area contributed by atoms with Crippen LogP contribution < -0.4 is 5.32 Å². The quantitative estimate of drug-likeness (QED) is 0.536. The zero-order valence-electron chi connectivity index (χ0n) is 13.5. The highest BCUT2D eigenvalue weighted by atomic mass is 32.2. The fourth-order valence-electron chi connectivity index (χ4n) is 2.17. The standard InChI is InChI=1S/C17H16N2O6S/c20-16(12-5-4-6-13(11-12)19(23)24)18-15(17(21)22)9-10-26(25)14-7-2-1-3-8-14/h1-8,11,15H,9-10H2,(H,18,20)(H,21,22)/t15-,26+/m0/s1. The molecule has 0 aromatic heterocycles. The second kappa shape index (κ2) is 8.86. The van der Waals surface area contributed by atoms with Gasteiger partial charge < -0.3 is 10.4 Å². The van der Waals surface area contributed by atoms with E-state index in [9.17, 15) is 29.0 Å². The zero-order valence-corrected chi connectivity index (χ0v) is 14.3. The summed E-state index contributed by atoms with van der Waals surface area (Å²) in [7, 11) is -1.39. The summed E-state index contributed by atoms with van der Waals surface area (Å²) >= 11 is 0. The highest BCUT2D eigenvalue weighted by Crippen LogP contribution is 2.14. The second-order valence-electron chi connectivity index (χ2n) is 5.32. The maximum Gasteiger partial charge on any atom is 0.326 e. The maximum atomic E-state index is 12.2. The van der Waals surface area contributed by atoms with Gasteiger partial charge in [-0.05, 0) is 24.6 Å². The zero-order chi connectivity index (χ0) is 19.1. The molecule has 0 radical (unpaired) electrons. The minimum Gasteiger partial charge on any atom is -0.480 e. The summed E-state index contributed by atoms with van der Waals surface area (Å²) < 4.78 is 12.2. The molecule has 0 aliphatic heterocycles. The Balaban J connectivity index is 2.02. The number of non-ortho nitro benzene ring substituents is 1. The number of carbonyl (C=O) groups is 2. The first-order valence-electron chi connectivity index (χ1n) is 7.60. The van der Waals surface area contributed by atoms with Crippen molar-refractivity contribution in [1.82, 2.24) is 5.32 Å². The van der Waals surface area contributed by atoms with E-state index in [-0.39, 0.29) is 23.4 Å². The topological polar surface area (TPSA) is 127 Å². The van der Waals surface area contributed by atoms with Crippen molar-refractivity contribution >= 4 is 28.4 Å². The van der Waals surface area contributed by atoms with Crippen LogP contribution in [0.4, 0.5) is 5.69 Å². The molecule has 2 N–H and O–H groups in total. The normalized spacial score (nSPS) is 12.8. The fraction of sp³-hybridized carbons (Fsp3) is 0.176. The van der Waals surface area contributed by atoms with Crippen LogP contribution in [-0.4, -0.2) is 37.9 Å². The van der Waals surface area contributed by atoms with E-state index >= 15 is 0 Å². The Hall–Kier alpha value is -3.07. The van der Waals surface area contributed by atoms with Crippen LogP contribution in [0.25, 0.3) is 0 Å². The van der Waals surface area contributed by atoms with Gasteiger partial charge in [0.05, 0.1) is 15.7 Å². The molecular formula is C17H16N2O6S. The van der Waals surface area contributed by atoms with Gasteiger partial charge >= 0.3 is 5.97 Å². The number of hydrogen-bond donors (Lipinski definition) is 2. The van der Waals surface area contributed by atoms with E-state index in [1.165, 1.54) is 18.2 Å². The molecule has 9 heteroatoms. The smallest absolute Gasteiger partial charge is 0.326 e. The van der Waals surface area contributed by atoms with Crippen LogP contribution in [0.3, 0.4) is 0 Å². The Kier molecular flexibility index (Phi) is 6.56. The number of amides is 1. The number of aliphatic carboxylic acids is 1. The Morgan fingerprint density at radius 3 is 2.46 bits per heavy atom. The minimum absolute atomic E-state index is 0.0189. The van der Waals surface area contributed by atoms with Crippen molar-refractivity contribution < 1.29 is 23.8 Å². The van der Waals surface area contributed by atoms with E-state index in [4.69, 9.17) is 0 Å². The third-order valence-electron chi connectivity index (χ3n) is 3.52. The molecule has 0 saturated carbocycles. The van der Waals surface area contributed by atoms with Gasteiger partial charge in [-0.15, -0.1) is 0 Å². The summed E-state index contributed by atoms with van der Waals surface area (Å²) in [6.07, 6.45) is -0.0441. The predicted octanol–water partition coefficient (Wildman–Crippen LogP) is 1.98. The second-order valence-corrected chi connectivity index (χ2v) is 6.89. The summed E-state index contributed by atoms with van der Waals surface area (Å²) in [6.45, 7) is 0. The number of hydrogen-bond acceptors (Lipinski definition) is 5. The van der Waals surface area contributed by atoms with Gasteiger partial charge in [-0.25, -0.2) is 4.79 Å². The number of nitro benzene ring substituents is 1. The lowest BCUT2D eigenvalue weighted by molar-refractivity contribution is -0.384. The SMILES string of the molecule is O=C(N[C@@H](CC[S@@](=O)c1ccccc1)C(=O)O)c1cccc([N+](=O)[O-])c1. The maximum absolute atomic E-state index is 12.2. The molecule has 0 heterocycles. The molecule has 1 amide bonds. The average molecular weight is 376 g/mol. The van der Waals surface area contributed by atoms with E-state index in [1.807, 2.05) is 0 Å². The summed E-state index contributed by atoms with van der Waals surface area (Å²) in [6, 6.07) is 12.3. The Bertz CT molecular complexity index is 840. The van der Waals surface area contributed by atoms with Crippen LogP contribution in [0.1, 0.15) is 16.8 Å². The Morgan fingerprint density at radius 2 is 1.85 bits per heavy atom. The average Bonchev–Trinajstić information content (AvgIpc) is 2.65. The molecule has 2 atom stereocenters. The first-order chi connectivity index (χ1) is 12.4. The van der Waals surface area contributed by atoms with E-state index in [1.54, 1.807) is 30.3 Å². The number of nitro groups is 1. The lowest BCUT2D eigenvalue weighted by atomic mass is 10.1. The van der Waals surface area contributed by atoms with E-state index in [0.717, 1.165) is 6.07 Å². The molecule has 0 saturated heterocycles. The number of rotatable bonds is 8. The molecule has 2 rings (SSSR count). The Morgan fingerprint density at radius 1 is 1.15 bits per heavy atom. The summed E-state index contributed by atoms with van der Waals surface area (Å²) in [5, 5.41) is 22.3. The number of benzene rings is 2. The molecule has 2 aromatic carbocycles. The van der Waals surface area contributed by atoms with Crippen molar-refractivity contribution in [2.24, 2.45) is 0 Å². The molecule has 0 spiro atoms. The van der Waals surface area contributed by atoms with Gasteiger partial charge in [0.2, 0.25) is 0 Å². The van der Waals surface area contributed by atoms with E-state index in [0.29, 0.717) is 4.90 Å². The van der Waals surface area contributed by atoms with Crippen molar-refractivity contribution in [2.75, 3.05) is 5.75 Å². The predicted molar refractivity (Wildman–Crippen MR) is 94.3 cm³/mol. The van der Waals surface area contributed by atoms with Crippen molar-refractivity contribution in [3.8, 4) is 0 Å². The van der Waals surface area contributed by atoms with Crippen LogP contribution in [0.2, 0.25) is 0 Å². The lowest BCUT2D eigenvalue weighted by Crippen LogP contribution is -2.41. The van der Waals surface area contributed by atoms with Gasteiger partial charge in [-0.3, -0.25) is 19.1 Å². The van der Waals surface area contributed by atoms with Crippen molar-refractivity contribution in [1.29, 1.82) is 0 Å². The highest BCUT2D eigenvalue weighted by Gasteiger charge is 2.22. The monoisotopic (exact) mass is 376 g/mol. The number of nitrogens with one attached hydrogen (secondary N) is 1. The first-order valence-corrected chi connectivity index (χ1v) is 8.92. The number of carbonyl (C=O) groups excluding carboxylic acids is 1. The van der Waals surface area contributed by atoms with Crippen molar-refractivity contribution in [3.05, 3.63) is 70.3 Å². The fourth-order valence-corrected chi connectivity index (χ4v) is 3.32. The van der Waals surface area contributed by atoms with Crippen LogP contribution in [0.15, 0.2) is 59.5 Å². The molecule has 0 bridgehead atoms. The molecule has 0 aliphatic rings. The molecule has 2 aromatic rings.